The Hall–Kier alpha value is -2.31. The van der Waals surface area contributed by atoms with E-state index in [1.54, 1.807) is 18.2 Å². The van der Waals surface area contributed by atoms with Gasteiger partial charge in [-0.05, 0) is 80.0 Å². The Bertz CT molecular complexity index is 776. The van der Waals surface area contributed by atoms with Crippen LogP contribution in [0.5, 0.6) is 5.75 Å². The van der Waals surface area contributed by atoms with E-state index >= 15 is 0 Å². The third kappa shape index (κ3) is 6.25. The molecule has 2 aromatic rings. The number of amides is 1. The van der Waals surface area contributed by atoms with Crippen LogP contribution in [-0.2, 0) is 4.79 Å². The molecule has 7 heteroatoms. The lowest BCUT2D eigenvalue weighted by molar-refractivity contribution is -0.123. The predicted molar refractivity (Wildman–Crippen MR) is 105 cm³/mol. The number of nitrogens with one attached hydrogen (secondary N) is 3. The van der Waals surface area contributed by atoms with E-state index in [-0.39, 0.29) is 12.5 Å². The van der Waals surface area contributed by atoms with Crippen molar-refractivity contribution in [3.63, 3.8) is 0 Å². The van der Waals surface area contributed by atoms with Gasteiger partial charge in [-0.1, -0.05) is 17.7 Å². The van der Waals surface area contributed by atoms with Gasteiger partial charge in [-0.3, -0.25) is 15.6 Å². The van der Waals surface area contributed by atoms with Gasteiger partial charge in [0.05, 0.1) is 0 Å². The highest BCUT2D eigenvalue weighted by Gasteiger charge is 2.05. The van der Waals surface area contributed by atoms with Gasteiger partial charge in [0.25, 0.3) is 5.91 Å². The van der Waals surface area contributed by atoms with Gasteiger partial charge in [-0.15, -0.1) is 0 Å². The van der Waals surface area contributed by atoms with Crippen molar-refractivity contribution in [1.29, 1.82) is 0 Å². The molecule has 0 aliphatic carbocycles. The van der Waals surface area contributed by atoms with Crippen LogP contribution in [0.4, 0.5) is 5.69 Å². The van der Waals surface area contributed by atoms with E-state index in [0.29, 0.717) is 15.9 Å². The van der Waals surface area contributed by atoms with Gasteiger partial charge in [0, 0.05) is 10.7 Å². The lowest BCUT2D eigenvalue weighted by atomic mass is 10.1. The van der Waals surface area contributed by atoms with Crippen molar-refractivity contribution < 1.29 is 9.53 Å². The quantitative estimate of drug-likeness (QED) is 0.560. The summed E-state index contributed by atoms with van der Waals surface area (Å²) in [5, 5.41) is 3.96. The van der Waals surface area contributed by atoms with Crippen LogP contribution in [0.15, 0.2) is 36.4 Å². The Morgan fingerprint density at radius 2 is 1.76 bits per heavy atom. The molecule has 0 spiro atoms. The van der Waals surface area contributed by atoms with Gasteiger partial charge in [0.1, 0.15) is 5.75 Å². The molecule has 0 atom stereocenters. The third-order valence-electron chi connectivity index (χ3n) is 3.29. The van der Waals surface area contributed by atoms with Crippen LogP contribution in [-0.4, -0.2) is 17.6 Å². The smallest absolute Gasteiger partial charge is 0.276 e. The third-order valence-corrected chi connectivity index (χ3v) is 3.92. The number of aryl methyl sites for hydroxylation is 3. The Morgan fingerprint density at radius 3 is 2.40 bits per heavy atom. The standard InChI is InChI=1S/C18H20ClN3O2S/c1-11-6-12(2)8-14(7-11)20-18(25)22-21-17(23)10-24-15-4-5-16(19)13(3)9-15/h4-9H,10H2,1-3H3,(H,21,23)(H2,20,22,25). The normalized spacial score (nSPS) is 10.1. The molecule has 0 unspecified atom stereocenters. The zero-order valence-corrected chi connectivity index (χ0v) is 15.8. The number of hydrazine groups is 1. The summed E-state index contributed by atoms with van der Waals surface area (Å²) >= 11 is 11.1. The number of thiocarbonyl (C=S) groups is 1. The van der Waals surface area contributed by atoms with Crippen molar-refractivity contribution in [3.05, 3.63) is 58.1 Å². The van der Waals surface area contributed by atoms with E-state index in [4.69, 9.17) is 28.6 Å². The summed E-state index contributed by atoms with van der Waals surface area (Å²) in [6.45, 7) is 5.74. The zero-order chi connectivity index (χ0) is 18.4. The minimum atomic E-state index is -0.350. The number of hydrogen-bond donors (Lipinski definition) is 3. The van der Waals surface area contributed by atoms with Gasteiger partial charge < -0.3 is 10.1 Å². The highest BCUT2D eigenvalue weighted by atomic mass is 35.5. The maximum Gasteiger partial charge on any atom is 0.276 e. The Balaban J connectivity index is 1.77. The molecule has 0 aliphatic rings. The summed E-state index contributed by atoms with van der Waals surface area (Å²) in [5.41, 5.74) is 9.13. The lowest BCUT2D eigenvalue weighted by Gasteiger charge is -2.13. The first-order chi connectivity index (χ1) is 11.8. The largest absolute Gasteiger partial charge is 0.484 e. The monoisotopic (exact) mass is 377 g/mol. The summed E-state index contributed by atoms with van der Waals surface area (Å²) in [5.74, 6) is 0.227. The molecule has 0 aliphatic heterocycles. The van der Waals surface area contributed by atoms with E-state index < -0.39 is 0 Å². The molecule has 2 rings (SSSR count). The summed E-state index contributed by atoms with van der Waals surface area (Å²) < 4.78 is 5.41. The number of carbonyl (C=O) groups is 1. The molecule has 5 nitrogen and oxygen atoms in total. The second-order valence-corrected chi connectivity index (χ2v) is 6.52. The Labute approximate surface area is 157 Å². The van der Waals surface area contributed by atoms with Crippen LogP contribution >= 0.6 is 23.8 Å². The van der Waals surface area contributed by atoms with Crippen molar-refractivity contribution in [2.24, 2.45) is 0 Å². The first kappa shape index (κ1) is 19.0. The van der Waals surface area contributed by atoms with Crippen molar-refractivity contribution in [3.8, 4) is 5.75 Å². The molecule has 3 N–H and O–H groups in total. The molecule has 0 saturated carbocycles. The van der Waals surface area contributed by atoms with E-state index in [0.717, 1.165) is 22.4 Å². The molecule has 1 amide bonds. The maximum absolute atomic E-state index is 11.8. The minimum Gasteiger partial charge on any atom is -0.484 e. The summed E-state index contributed by atoms with van der Waals surface area (Å²) in [4.78, 5) is 11.8. The molecular weight excluding hydrogens is 358 g/mol. The van der Waals surface area contributed by atoms with Crippen LogP contribution in [0.1, 0.15) is 16.7 Å². The molecule has 132 valence electrons. The first-order valence-corrected chi connectivity index (χ1v) is 8.45. The Kier molecular flexibility index (Phi) is 6.61. The van der Waals surface area contributed by atoms with E-state index in [1.807, 2.05) is 32.9 Å². The molecule has 0 bridgehead atoms. The van der Waals surface area contributed by atoms with Gasteiger partial charge in [0.2, 0.25) is 0 Å². The summed E-state index contributed by atoms with van der Waals surface area (Å²) in [7, 11) is 0. The fourth-order valence-electron chi connectivity index (χ4n) is 2.23. The predicted octanol–water partition coefficient (Wildman–Crippen LogP) is 3.66. The average Bonchev–Trinajstić information content (AvgIpc) is 2.53. The van der Waals surface area contributed by atoms with Gasteiger partial charge in [0.15, 0.2) is 11.7 Å². The van der Waals surface area contributed by atoms with Crippen molar-refractivity contribution in [2.45, 2.75) is 20.8 Å². The van der Waals surface area contributed by atoms with Crippen molar-refractivity contribution >= 4 is 40.5 Å². The van der Waals surface area contributed by atoms with Crippen LogP contribution in [0, 0.1) is 20.8 Å². The SMILES string of the molecule is Cc1cc(C)cc(NC(=S)NNC(=O)COc2ccc(Cl)c(C)c2)c1. The van der Waals surface area contributed by atoms with Gasteiger partial charge in [-0.2, -0.15) is 0 Å². The number of hydrogen-bond acceptors (Lipinski definition) is 3. The number of carbonyl (C=O) groups excluding carboxylic acids is 1. The van der Waals surface area contributed by atoms with E-state index in [2.05, 4.69) is 22.2 Å². The zero-order valence-electron chi connectivity index (χ0n) is 14.3. The van der Waals surface area contributed by atoms with Crippen LogP contribution in [0.3, 0.4) is 0 Å². The number of halogens is 1. The topological polar surface area (TPSA) is 62.4 Å². The second kappa shape index (κ2) is 8.69. The molecule has 0 fully saturated rings. The van der Waals surface area contributed by atoms with Crippen molar-refractivity contribution in [1.82, 2.24) is 10.9 Å². The number of benzene rings is 2. The molecule has 25 heavy (non-hydrogen) atoms. The highest BCUT2D eigenvalue weighted by Crippen LogP contribution is 2.20. The average molecular weight is 378 g/mol. The summed E-state index contributed by atoms with van der Waals surface area (Å²) in [6.07, 6.45) is 0. The molecule has 2 aromatic carbocycles. The molecule has 0 saturated heterocycles. The van der Waals surface area contributed by atoms with Crippen LogP contribution in [0.25, 0.3) is 0 Å². The first-order valence-electron chi connectivity index (χ1n) is 7.66. The van der Waals surface area contributed by atoms with E-state index in [1.165, 1.54) is 0 Å². The lowest BCUT2D eigenvalue weighted by Crippen LogP contribution is -2.45. The fraction of sp³-hybridized carbons (Fsp3) is 0.222. The number of rotatable bonds is 4. The van der Waals surface area contributed by atoms with E-state index in [9.17, 15) is 4.79 Å². The molecule has 0 heterocycles. The number of anilines is 1. The second-order valence-electron chi connectivity index (χ2n) is 5.70. The maximum atomic E-state index is 11.8. The van der Waals surface area contributed by atoms with Crippen molar-refractivity contribution in [2.75, 3.05) is 11.9 Å². The molecular formula is C18H20ClN3O2S. The fourth-order valence-corrected chi connectivity index (χ4v) is 2.51. The highest BCUT2D eigenvalue weighted by molar-refractivity contribution is 7.80. The molecule has 0 radical (unpaired) electrons. The Morgan fingerprint density at radius 1 is 1.08 bits per heavy atom. The minimum absolute atomic E-state index is 0.139. The molecule has 0 aromatic heterocycles. The van der Waals surface area contributed by atoms with Crippen LogP contribution in [0.2, 0.25) is 5.02 Å². The summed E-state index contributed by atoms with van der Waals surface area (Å²) in [6, 6.07) is 11.2. The van der Waals surface area contributed by atoms with Gasteiger partial charge in [-0.25, -0.2) is 0 Å². The van der Waals surface area contributed by atoms with Gasteiger partial charge >= 0.3 is 0 Å². The number of ether oxygens (including phenoxy) is 1. The van der Waals surface area contributed by atoms with Crippen LogP contribution < -0.4 is 20.9 Å².